The average Bonchev–Trinajstić information content (AvgIpc) is 2.10. The molecule has 0 amide bonds. The highest BCUT2D eigenvalue weighted by molar-refractivity contribution is 5.85. The minimum absolute atomic E-state index is 0.160. The van der Waals surface area contributed by atoms with Crippen molar-refractivity contribution in [1.82, 2.24) is 0 Å². The molecule has 3 heteroatoms. The fourth-order valence-corrected chi connectivity index (χ4v) is 1.34. The Hall–Kier alpha value is -0.860. The molecule has 0 radical (unpaired) electrons. The molecule has 0 aromatic carbocycles. The summed E-state index contributed by atoms with van der Waals surface area (Å²) in [5, 5.41) is 0. The summed E-state index contributed by atoms with van der Waals surface area (Å²) in [6.07, 6.45) is 2.67. The maximum Gasteiger partial charge on any atom is 0.307 e. The second-order valence-corrected chi connectivity index (χ2v) is 5.26. The van der Waals surface area contributed by atoms with Crippen LogP contribution < -0.4 is 0 Å². The first-order valence-corrected chi connectivity index (χ1v) is 6.00. The van der Waals surface area contributed by atoms with Crippen LogP contribution >= 0.6 is 0 Å². The van der Waals surface area contributed by atoms with E-state index in [0.29, 0.717) is 6.42 Å². The lowest BCUT2D eigenvalue weighted by Crippen LogP contribution is -2.26. The Kier molecular flexibility index (Phi) is 6.31. The van der Waals surface area contributed by atoms with E-state index in [9.17, 15) is 9.59 Å². The molecule has 0 aliphatic rings. The second-order valence-electron chi connectivity index (χ2n) is 5.26. The number of ether oxygens (including phenoxy) is 1. The van der Waals surface area contributed by atoms with Crippen LogP contribution in [0.1, 0.15) is 60.3 Å². The molecule has 0 saturated carbocycles. The van der Waals surface area contributed by atoms with Gasteiger partial charge in [-0.15, -0.1) is 0 Å². The lowest BCUT2D eigenvalue weighted by molar-refractivity contribution is -0.157. The lowest BCUT2D eigenvalue weighted by Gasteiger charge is -2.20. The van der Waals surface area contributed by atoms with Gasteiger partial charge in [-0.1, -0.05) is 20.3 Å². The molecule has 0 heterocycles. The third-order valence-electron chi connectivity index (χ3n) is 2.22. The quantitative estimate of drug-likeness (QED) is 0.656. The van der Waals surface area contributed by atoms with Gasteiger partial charge in [0.1, 0.15) is 11.4 Å². The fraction of sp³-hybridized carbons (Fsp3) is 0.846. The molecule has 0 bridgehead atoms. The zero-order valence-corrected chi connectivity index (χ0v) is 11.1. The molecule has 1 unspecified atom stereocenters. The number of unbranched alkanes of at least 4 members (excludes halogenated alkanes) is 1. The molecular weight excluding hydrogens is 204 g/mol. The summed E-state index contributed by atoms with van der Waals surface area (Å²) in [7, 11) is 0. The van der Waals surface area contributed by atoms with Gasteiger partial charge in [-0.05, 0) is 27.2 Å². The molecule has 0 aliphatic carbocycles. The molecule has 3 nitrogen and oxygen atoms in total. The Balaban J connectivity index is 3.99. The van der Waals surface area contributed by atoms with Gasteiger partial charge in [0.15, 0.2) is 0 Å². The van der Waals surface area contributed by atoms with Gasteiger partial charge in [0.2, 0.25) is 0 Å². The topological polar surface area (TPSA) is 43.4 Å². The summed E-state index contributed by atoms with van der Waals surface area (Å²) in [6.45, 7) is 9.32. The van der Waals surface area contributed by atoms with Crippen LogP contribution in [0.4, 0.5) is 0 Å². The molecule has 94 valence electrons. The standard InChI is InChI=1S/C13H24O3/c1-6-7-8-11(14)10(2)9-12(15)16-13(3,4)5/h10H,6-9H2,1-5H3. The van der Waals surface area contributed by atoms with Crippen LogP contribution in [0.15, 0.2) is 0 Å². The summed E-state index contributed by atoms with van der Waals surface area (Å²) in [4.78, 5) is 23.1. The van der Waals surface area contributed by atoms with E-state index in [0.717, 1.165) is 12.8 Å². The summed E-state index contributed by atoms with van der Waals surface area (Å²) >= 11 is 0. The van der Waals surface area contributed by atoms with Crippen molar-refractivity contribution in [1.29, 1.82) is 0 Å². The molecule has 0 saturated heterocycles. The monoisotopic (exact) mass is 228 g/mol. The Morgan fingerprint density at radius 2 is 1.81 bits per heavy atom. The molecule has 0 fully saturated rings. The van der Waals surface area contributed by atoms with Gasteiger partial charge in [0.25, 0.3) is 0 Å². The minimum Gasteiger partial charge on any atom is -0.460 e. The fourth-order valence-electron chi connectivity index (χ4n) is 1.34. The number of rotatable bonds is 6. The zero-order valence-electron chi connectivity index (χ0n) is 11.1. The summed E-state index contributed by atoms with van der Waals surface area (Å²) in [5.74, 6) is -0.348. The molecule has 1 atom stereocenters. The highest BCUT2D eigenvalue weighted by Crippen LogP contribution is 2.14. The van der Waals surface area contributed by atoms with Crippen LogP contribution in [0.25, 0.3) is 0 Å². The number of carbonyl (C=O) groups excluding carboxylic acids is 2. The van der Waals surface area contributed by atoms with Crippen LogP contribution in [-0.2, 0) is 14.3 Å². The van der Waals surface area contributed by atoms with Gasteiger partial charge < -0.3 is 4.74 Å². The van der Waals surface area contributed by atoms with Gasteiger partial charge >= 0.3 is 5.97 Å². The van der Waals surface area contributed by atoms with Crippen LogP contribution in [0.3, 0.4) is 0 Å². The number of hydrogen-bond acceptors (Lipinski definition) is 3. The smallest absolute Gasteiger partial charge is 0.307 e. The van der Waals surface area contributed by atoms with E-state index in [1.54, 1.807) is 6.92 Å². The third-order valence-corrected chi connectivity index (χ3v) is 2.22. The van der Waals surface area contributed by atoms with Crippen molar-refractivity contribution in [2.75, 3.05) is 0 Å². The van der Waals surface area contributed by atoms with Crippen LogP contribution in [0, 0.1) is 5.92 Å². The lowest BCUT2D eigenvalue weighted by atomic mass is 9.98. The van der Waals surface area contributed by atoms with Gasteiger partial charge in [-0.2, -0.15) is 0 Å². The third kappa shape index (κ3) is 7.43. The number of ketones is 1. The van der Waals surface area contributed by atoms with Crippen LogP contribution in [0.2, 0.25) is 0 Å². The molecule has 0 N–H and O–H groups in total. The van der Waals surface area contributed by atoms with Crippen molar-refractivity contribution in [3.05, 3.63) is 0 Å². The Bertz CT molecular complexity index is 238. The van der Waals surface area contributed by atoms with Crippen molar-refractivity contribution in [3.8, 4) is 0 Å². The molecule has 0 aromatic heterocycles. The summed E-state index contributed by atoms with van der Waals surface area (Å²) in [6, 6.07) is 0. The van der Waals surface area contributed by atoms with Gasteiger partial charge in [-0.25, -0.2) is 0 Å². The number of Topliss-reactive ketones (excluding diaryl/α,β-unsaturated/α-hetero) is 1. The number of esters is 1. The maximum atomic E-state index is 11.6. The highest BCUT2D eigenvalue weighted by atomic mass is 16.6. The SMILES string of the molecule is CCCCC(=O)C(C)CC(=O)OC(C)(C)C. The second kappa shape index (κ2) is 6.66. The van der Waals surface area contributed by atoms with Crippen molar-refractivity contribution >= 4 is 11.8 Å². The Labute approximate surface area is 98.6 Å². The van der Waals surface area contributed by atoms with E-state index in [-0.39, 0.29) is 24.1 Å². The highest BCUT2D eigenvalue weighted by Gasteiger charge is 2.21. The Morgan fingerprint density at radius 1 is 1.25 bits per heavy atom. The maximum absolute atomic E-state index is 11.6. The largest absolute Gasteiger partial charge is 0.460 e. The predicted octanol–water partition coefficient (Wildman–Crippen LogP) is 3.11. The molecule has 0 aromatic rings. The molecule has 16 heavy (non-hydrogen) atoms. The zero-order chi connectivity index (χ0) is 12.8. The van der Waals surface area contributed by atoms with E-state index < -0.39 is 5.60 Å². The van der Waals surface area contributed by atoms with Gasteiger partial charge in [0, 0.05) is 12.3 Å². The normalized spacial score (nSPS) is 13.3. The van der Waals surface area contributed by atoms with E-state index in [4.69, 9.17) is 4.74 Å². The molecule has 0 aliphatic heterocycles. The first kappa shape index (κ1) is 15.1. The minimum atomic E-state index is -0.469. The van der Waals surface area contributed by atoms with E-state index in [2.05, 4.69) is 0 Å². The summed E-state index contributed by atoms with van der Waals surface area (Å²) < 4.78 is 5.17. The average molecular weight is 228 g/mol. The first-order chi connectivity index (χ1) is 7.26. The molecule has 0 rings (SSSR count). The van der Waals surface area contributed by atoms with Crippen molar-refractivity contribution in [2.45, 2.75) is 65.9 Å². The van der Waals surface area contributed by atoms with E-state index in [1.165, 1.54) is 0 Å². The van der Waals surface area contributed by atoms with Gasteiger partial charge in [-0.3, -0.25) is 9.59 Å². The van der Waals surface area contributed by atoms with Gasteiger partial charge in [0.05, 0.1) is 6.42 Å². The van der Waals surface area contributed by atoms with Crippen LogP contribution in [-0.4, -0.2) is 17.4 Å². The van der Waals surface area contributed by atoms with Crippen molar-refractivity contribution in [3.63, 3.8) is 0 Å². The molecular formula is C13H24O3. The molecule has 0 spiro atoms. The van der Waals surface area contributed by atoms with Crippen molar-refractivity contribution < 1.29 is 14.3 Å². The van der Waals surface area contributed by atoms with E-state index in [1.807, 2.05) is 27.7 Å². The predicted molar refractivity (Wildman–Crippen MR) is 64.2 cm³/mol. The number of carbonyl (C=O) groups is 2. The first-order valence-electron chi connectivity index (χ1n) is 6.00. The van der Waals surface area contributed by atoms with Crippen molar-refractivity contribution in [2.24, 2.45) is 5.92 Å². The Morgan fingerprint density at radius 3 is 2.25 bits per heavy atom. The summed E-state index contributed by atoms with van der Waals surface area (Å²) in [5.41, 5.74) is -0.469. The van der Waals surface area contributed by atoms with Crippen LogP contribution in [0.5, 0.6) is 0 Å². The number of hydrogen-bond donors (Lipinski definition) is 0. The van der Waals surface area contributed by atoms with E-state index >= 15 is 0 Å².